The van der Waals surface area contributed by atoms with Crippen LogP contribution in [0.25, 0.3) is 0 Å². The molecule has 15 heavy (non-hydrogen) atoms. The molecule has 3 heteroatoms. The third-order valence-corrected chi connectivity index (χ3v) is 2.58. The zero-order chi connectivity index (χ0) is 11.3. The molecule has 0 aromatic carbocycles. The molecule has 0 saturated heterocycles. The van der Waals surface area contributed by atoms with Gasteiger partial charge in [0.05, 0.1) is 6.10 Å². The van der Waals surface area contributed by atoms with E-state index in [0.717, 1.165) is 6.42 Å². The molecular weight excluding hydrogens is 188 g/mol. The highest BCUT2D eigenvalue weighted by molar-refractivity contribution is 5.15. The molecule has 0 aliphatic carbocycles. The molecule has 0 aliphatic rings. The average Bonchev–Trinajstić information content (AvgIpc) is 2.61. The average molecular weight is 210 g/mol. The summed E-state index contributed by atoms with van der Waals surface area (Å²) in [7, 11) is 1.99. The van der Waals surface area contributed by atoms with Gasteiger partial charge in [-0.05, 0) is 32.0 Å². The van der Waals surface area contributed by atoms with Crippen molar-refractivity contribution in [3.8, 4) is 0 Å². The van der Waals surface area contributed by atoms with Gasteiger partial charge in [-0.1, -0.05) is 13.3 Å². The van der Waals surface area contributed by atoms with Gasteiger partial charge in [0.1, 0.15) is 0 Å². The maximum absolute atomic E-state index is 9.28. The van der Waals surface area contributed by atoms with Crippen LogP contribution in [0.3, 0.4) is 0 Å². The van der Waals surface area contributed by atoms with E-state index in [2.05, 4.69) is 24.5 Å². The van der Waals surface area contributed by atoms with Gasteiger partial charge >= 0.3 is 0 Å². The lowest BCUT2D eigenvalue weighted by Gasteiger charge is -2.13. The van der Waals surface area contributed by atoms with Crippen LogP contribution in [0.2, 0.25) is 0 Å². The van der Waals surface area contributed by atoms with Crippen molar-refractivity contribution in [2.75, 3.05) is 7.05 Å². The van der Waals surface area contributed by atoms with Crippen molar-refractivity contribution in [2.45, 2.75) is 45.4 Å². The maximum Gasteiger partial charge on any atom is 0.0690 e. The van der Waals surface area contributed by atoms with E-state index in [1.54, 1.807) is 6.92 Å². The molecule has 1 rings (SSSR count). The maximum atomic E-state index is 9.28. The Labute approximate surface area is 92.1 Å². The van der Waals surface area contributed by atoms with Crippen LogP contribution in [0.4, 0.5) is 0 Å². The van der Waals surface area contributed by atoms with Crippen molar-refractivity contribution in [2.24, 2.45) is 0 Å². The SMILES string of the molecule is CCCC(NC)c1ccn(CC(C)O)c1. The third kappa shape index (κ3) is 3.68. The van der Waals surface area contributed by atoms with E-state index in [9.17, 15) is 5.11 Å². The second-order valence-corrected chi connectivity index (χ2v) is 4.12. The molecule has 2 atom stereocenters. The van der Waals surface area contributed by atoms with Crippen LogP contribution in [0.15, 0.2) is 18.5 Å². The van der Waals surface area contributed by atoms with Gasteiger partial charge in [0, 0.05) is 25.0 Å². The lowest BCUT2D eigenvalue weighted by molar-refractivity contribution is 0.173. The minimum atomic E-state index is -0.288. The van der Waals surface area contributed by atoms with Crippen LogP contribution in [0.5, 0.6) is 0 Å². The van der Waals surface area contributed by atoms with E-state index in [1.165, 1.54) is 12.0 Å². The van der Waals surface area contributed by atoms with Crippen molar-refractivity contribution in [3.05, 3.63) is 24.0 Å². The summed E-state index contributed by atoms with van der Waals surface area (Å²) in [5.74, 6) is 0. The summed E-state index contributed by atoms with van der Waals surface area (Å²) in [6, 6.07) is 2.56. The first-order valence-corrected chi connectivity index (χ1v) is 5.68. The van der Waals surface area contributed by atoms with Crippen LogP contribution >= 0.6 is 0 Å². The van der Waals surface area contributed by atoms with E-state index < -0.39 is 0 Å². The third-order valence-electron chi connectivity index (χ3n) is 2.58. The smallest absolute Gasteiger partial charge is 0.0690 e. The number of aromatic nitrogens is 1. The Morgan fingerprint density at radius 2 is 2.27 bits per heavy atom. The number of nitrogens with one attached hydrogen (secondary N) is 1. The molecule has 0 spiro atoms. The van der Waals surface area contributed by atoms with Crippen molar-refractivity contribution in [3.63, 3.8) is 0 Å². The normalized spacial score (nSPS) is 15.2. The molecule has 0 bridgehead atoms. The molecule has 2 N–H and O–H groups in total. The highest BCUT2D eigenvalue weighted by Gasteiger charge is 2.09. The van der Waals surface area contributed by atoms with Gasteiger partial charge in [0.25, 0.3) is 0 Å². The molecule has 0 radical (unpaired) electrons. The predicted octanol–water partition coefficient (Wildman–Crippen LogP) is 1.93. The summed E-state index contributed by atoms with van der Waals surface area (Å²) in [4.78, 5) is 0. The first-order valence-electron chi connectivity index (χ1n) is 5.68. The molecular formula is C12H22N2O. The molecule has 0 saturated carbocycles. The predicted molar refractivity (Wildman–Crippen MR) is 62.8 cm³/mol. The first kappa shape index (κ1) is 12.3. The van der Waals surface area contributed by atoms with Crippen LogP contribution in [-0.2, 0) is 6.54 Å². The molecule has 1 aromatic rings. The number of aliphatic hydroxyl groups excluding tert-OH is 1. The molecule has 2 unspecified atom stereocenters. The van der Waals surface area contributed by atoms with E-state index in [0.29, 0.717) is 12.6 Å². The molecule has 0 amide bonds. The van der Waals surface area contributed by atoms with E-state index >= 15 is 0 Å². The standard InChI is InChI=1S/C12H22N2O/c1-4-5-12(13-3)11-6-7-14(9-11)8-10(2)15/h6-7,9-10,12-13,15H,4-5,8H2,1-3H3. The quantitative estimate of drug-likeness (QED) is 0.753. The van der Waals surface area contributed by atoms with Gasteiger partial charge in [0.2, 0.25) is 0 Å². The van der Waals surface area contributed by atoms with Crippen molar-refractivity contribution < 1.29 is 5.11 Å². The first-order chi connectivity index (χ1) is 7.17. The number of aliphatic hydroxyl groups is 1. The second kappa shape index (κ2) is 5.93. The topological polar surface area (TPSA) is 37.2 Å². The van der Waals surface area contributed by atoms with Crippen LogP contribution in [-0.4, -0.2) is 22.8 Å². The molecule has 86 valence electrons. The Kier molecular flexibility index (Phi) is 4.85. The lowest BCUT2D eigenvalue weighted by atomic mass is 10.1. The zero-order valence-corrected chi connectivity index (χ0v) is 9.90. The van der Waals surface area contributed by atoms with Gasteiger partial charge in [-0.15, -0.1) is 0 Å². The van der Waals surface area contributed by atoms with Gasteiger partial charge in [0.15, 0.2) is 0 Å². The Morgan fingerprint density at radius 1 is 1.53 bits per heavy atom. The van der Waals surface area contributed by atoms with E-state index in [1.807, 2.05) is 17.8 Å². The Hall–Kier alpha value is -0.800. The molecule has 0 fully saturated rings. The van der Waals surface area contributed by atoms with Gasteiger partial charge in [-0.3, -0.25) is 0 Å². The van der Waals surface area contributed by atoms with Gasteiger partial charge in [-0.25, -0.2) is 0 Å². The van der Waals surface area contributed by atoms with Crippen molar-refractivity contribution >= 4 is 0 Å². The summed E-state index contributed by atoms with van der Waals surface area (Å²) in [6.07, 6.45) is 6.18. The van der Waals surface area contributed by atoms with Gasteiger partial charge < -0.3 is 15.0 Å². The highest BCUT2D eigenvalue weighted by atomic mass is 16.3. The minimum Gasteiger partial charge on any atom is -0.392 e. The van der Waals surface area contributed by atoms with E-state index in [4.69, 9.17) is 0 Å². The zero-order valence-electron chi connectivity index (χ0n) is 9.90. The van der Waals surface area contributed by atoms with Gasteiger partial charge in [-0.2, -0.15) is 0 Å². The van der Waals surface area contributed by atoms with Crippen LogP contribution in [0.1, 0.15) is 38.3 Å². The van der Waals surface area contributed by atoms with E-state index in [-0.39, 0.29) is 6.10 Å². The number of nitrogens with zero attached hydrogens (tertiary/aromatic N) is 1. The Balaban J connectivity index is 2.64. The highest BCUT2D eigenvalue weighted by Crippen LogP contribution is 2.18. The lowest BCUT2D eigenvalue weighted by Crippen LogP contribution is -2.15. The Morgan fingerprint density at radius 3 is 2.80 bits per heavy atom. The monoisotopic (exact) mass is 210 g/mol. The fourth-order valence-corrected chi connectivity index (χ4v) is 1.85. The summed E-state index contributed by atoms with van der Waals surface area (Å²) >= 11 is 0. The number of rotatable bonds is 6. The molecule has 0 aliphatic heterocycles. The number of hydrogen-bond donors (Lipinski definition) is 2. The fraction of sp³-hybridized carbons (Fsp3) is 0.667. The summed E-state index contributed by atoms with van der Waals surface area (Å²) in [5.41, 5.74) is 1.31. The molecule has 1 aromatic heterocycles. The van der Waals surface area contributed by atoms with Crippen LogP contribution < -0.4 is 5.32 Å². The summed E-state index contributed by atoms with van der Waals surface area (Å²) in [5, 5.41) is 12.6. The van der Waals surface area contributed by atoms with Crippen molar-refractivity contribution in [1.29, 1.82) is 0 Å². The largest absolute Gasteiger partial charge is 0.392 e. The van der Waals surface area contributed by atoms with Crippen LogP contribution in [0, 0.1) is 0 Å². The molecule has 3 nitrogen and oxygen atoms in total. The molecule has 1 heterocycles. The number of hydrogen-bond acceptors (Lipinski definition) is 2. The van der Waals surface area contributed by atoms with Crippen molar-refractivity contribution in [1.82, 2.24) is 9.88 Å². The fourth-order valence-electron chi connectivity index (χ4n) is 1.85. The Bertz CT molecular complexity index is 281. The summed E-state index contributed by atoms with van der Waals surface area (Å²) < 4.78 is 2.04. The minimum absolute atomic E-state index is 0.288. The second-order valence-electron chi connectivity index (χ2n) is 4.12. The summed E-state index contributed by atoms with van der Waals surface area (Å²) in [6.45, 7) is 4.67.